The Bertz CT molecular complexity index is 428. The van der Waals surface area contributed by atoms with Gasteiger partial charge in [-0.25, -0.2) is 4.79 Å². The van der Waals surface area contributed by atoms with Crippen molar-refractivity contribution >= 4 is 12.5 Å². The van der Waals surface area contributed by atoms with Gasteiger partial charge >= 0.3 is 6.09 Å². The van der Waals surface area contributed by atoms with Crippen LogP contribution in [0.3, 0.4) is 0 Å². The first-order valence-corrected chi connectivity index (χ1v) is 10.3. The number of hydrogen-bond donors (Lipinski definition) is 3. The molecule has 0 spiro atoms. The van der Waals surface area contributed by atoms with E-state index < -0.39 is 6.10 Å². The van der Waals surface area contributed by atoms with Crippen LogP contribution in [0.1, 0.15) is 78.1 Å². The molecule has 0 heterocycles. The molecule has 0 saturated heterocycles. The van der Waals surface area contributed by atoms with E-state index in [1.54, 1.807) is 6.92 Å². The predicted molar refractivity (Wildman–Crippen MR) is 101 cm³/mol. The van der Waals surface area contributed by atoms with Crippen LogP contribution in [-0.2, 0) is 9.53 Å². The van der Waals surface area contributed by atoms with E-state index in [1.165, 1.54) is 32.1 Å². The van der Waals surface area contributed by atoms with E-state index >= 15 is 0 Å². The van der Waals surface area contributed by atoms with Crippen molar-refractivity contribution < 1.29 is 19.4 Å². The molecule has 2 aliphatic rings. The van der Waals surface area contributed by atoms with Crippen molar-refractivity contribution in [3.8, 4) is 0 Å². The molecule has 0 aromatic carbocycles. The molecule has 0 aromatic heterocycles. The summed E-state index contributed by atoms with van der Waals surface area (Å²) in [6.45, 7) is 3.51. The molecule has 0 bridgehead atoms. The summed E-state index contributed by atoms with van der Waals surface area (Å²) in [4.78, 5) is 22.5. The number of rotatable bonds is 8. The van der Waals surface area contributed by atoms with Gasteiger partial charge in [0, 0.05) is 18.5 Å². The van der Waals surface area contributed by atoms with E-state index in [4.69, 9.17) is 4.74 Å². The first-order chi connectivity index (χ1) is 12.5. The summed E-state index contributed by atoms with van der Waals surface area (Å²) in [5.41, 5.74) is 0. The summed E-state index contributed by atoms with van der Waals surface area (Å²) in [5, 5.41) is 15.2. The average molecular weight is 369 g/mol. The Morgan fingerprint density at radius 2 is 1.58 bits per heavy atom. The standard InChI is InChI=1S/C20H36N2O4/c1-14(24)11-15(2)26-20(25)22-19-9-5-17(6-10-19)12-16-3-7-18(8-4-16)21-13-23/h13-19,24H,3-12H2,1-2H3,(H,21,23)(H,22,25). The molecule has 6 heteroatoms. The van der Waals surface area contributed by atoms with Crippen LogP contribution in [0.5, 0.6) is 0 Å². The number of hydrogen-bond acceptors (Lipinski definition) is 4. The second-order valence-corrected chi connectivity index (χ2v) is 8.40. The molecule has 2 fully saturated rings. The number of amides is 2. The van der Waals surface area contributed by atoms with Crippen molar-refractivity contribution in [3.05, 3.63) is 0 Å². The van der Waals surface area contributed by atoms with Gasteiger partial charge in [-0.3, -0.25) is 4.79 Å². The maximum Gasteiger partial charge on any atom is 0.407 e. The number of aliphatic hydroxyl groups is 1. The van der Waals surface area contributed by atoms with Crippen LogP contribution in [-0.4, -0.2) is 41.9 Å². The van der Waals surface area contributed by atoms with E-state index in [1.807, 2.05) is 6.92 Å². The van der Waals surface area contributed by atoms with Gasteiger partial charge in [-0.15, -0.1) is 0 Å². The summed E-state index contributed by atoms with van der Waals surface area (Å²) in [5.74, 6) is 1.55. The van der Waals surface area contributed by atoms with E-state index in [9.17, 15) is 14.7 Å². The Balaban J connectivity index is 1.60. The minimum absolute atomic E-state index is 0.213. The van der Waals surface area contributed by atoms with Gasteiger partial charge in [0.05, 0.1) is 6.10 Å². The molecule has 2 aliphatic carbocycles. The van der Waals surface area contributed by atoms with Crippen molar-refractivity contribution in [2.45, 2.75) is 102 Å². The van der Waals surface area contributed by atoms with E-state index in [0.29, 0.717) is 12.5 Å². The van der Waals surface area contributed by atoms with Crippen molar-refractivity contribution in [2.24, 2.45) is 11.8 Å². The number of ether oxygens (including phenoxy) is 1. The highest BCUT2D eigenvalue weighted by Gasteiger charge is 2.27. The van der Waals surface area contributed by atoms with Gasteiger partial charge < -0.3 is 20.5 Å². The summed E-state index contributed by atoms with van der Waals surface area (Å²) in [6, 6.07) is 0.593. The third-order valence-electron chi connectivity index (χ3n) is 5.97. The topological polar surface area (TPSA) is 87.7 Å². The number of carbonyl (C=O) groups is 2. The summed E-state index contributed by atoms with van der Waals surface area (Å²) in [6.07, 6.45) is 10.5. The second-order valence-electron chi connectivity index (χ2n) is 8.40. The van der Waals surface area contributed by atoms with Gasteiger partial charge in [0.2, 0.25) is 6.41 Å². The molecule has 2 rings (SSSR count). The van der Waals surface area contributed by atoms with Crippen LogP contribution in [0.15, 0.2) is 0 Å². The van der Waals surface area contributed by atoms with Gasteiger partial charge in [0.15, 0.2) is 0 Å². The summed E-state index contributed by atoms with van der Waals surface area (Å²) in [7, 11) is 0. The summed E-state index contributed by atoms with van der Waals surface area (Å²) >= 11 is 0. The lowest BCUT2D eigenvalue weighted by molar-refractivity contribution is -0.110. The Morgan fingerprint density at radius 1 is 1.04 bits per heavy atom. The predicted octanol–water partition coefficient (Wildman–Crippen LogP) is 3.13. The SMILES string of the molecule is CC(O)CC(C)OC(=O)NC1CCC(CC2CCC(NC=O)CC2)CC1. The van der Waals surface area contributed by atoms with Gasteiger partial charge in [0.1, 0.15) is 6.10 Å². The highest BCUT2D eigenvalue weighted by atomic mass is 16.6. The number of nitrogens with one attached hydrogen (secondary N) is 2. The lowest BCUT2D eigenvalue weighted by Crippen LogP contribution is -2.39. The first-order valence-electron chi connectivity index (χ1n) is 10.3. The number of aliphatic hydroxyl groups excluding tert-OH is 1. The molecule has 3 N–H and O–H groups in total. The van der Waals surface area contributed by atoms with E-state index in [0.717, 1.165) is 43.9 Å². The highest BCUT2D eigenvalue weighted by molar-refractivity contribution is 5.67. The molecular formula is C20H36N2O4. The van der Waals surface area contributed by atoms with Gasteiger partial charge in [-0.2, -0.15) is 0 Å². The number of alkyl carbamates (subject to hydrolysis) is 1. The highest BCUT2D eigenvalue weighted by Crippen LogP contribution is 2.35. The molecule has 150 valence electrons. The van der Waals surface area contributed by atoms with Crippen LogP contribution in [0.2, 0.25) is 0 Å². The smallest absolute Gasteiger partial charge is 0.407 e. The fourth-order valence-electron chi connectivity index (χ4n) is 4.59. The molecule has 0 aromatic rings. The largest absolute Gasteiger partial charge is 0.446 e. The molecule has 2 amide bonds. The zero-order valence-corrected chi connectivity index (χ0v) is 16.3. The van der Waals surface area contributed by atoms with Crippen LogP contribution in [0, 0.1) is 11.8 Å². The zero-order valence-electron chi connectivity index (χ0n) is 16.3. The fraction of sp³-hybridized carbons (Fsp3) is 0.900. The quantitative estimate of drug-likeness (QED) is 0.574. The van der Waals surface area contributed by atoms with Gasteiger partial charge in [0.25, 0.3) is 0 Å². The monoisotopic (exact) mass is 368 g/mol. The molecule has 0 radical (unpaired) electrons. The van der Waals surface area contributed by atoms with E-state index in [2.05, 4.69) is 10.6 Å². The normalized spacial score (nSPS) is 31.5. The zero-order chi connectivity index (χ0) is 18.9. The maximum atomic E-state index is 11.9. The van der Waals surface area contributed by atoms with Crippen molar-refractivity contribution in [1.29, 1.82) is 0 Å². The van der Waals surface area contributed by atoms with Crippen LogP contribution < -0.4 is 10.6 Å². The van der Waals surface area contributed by atoms with Crippen molar-refractivity contribution in [3.63, 3.8) is 0 Å². The molecule has 0 aliphatic heterocycles. The first kappa shape index (κ1) is 21.0. The van der Waals surface area contributed by atoms with Crippen LogP contribution >= 0.6 is 0 Å². The van der Waals surface area contributed by atoms with E-state index in [-0.39, 0.29) is 18.2 Å². The minimum atomic E-state index is -0.461. The second kappa shape index (κ2) is 10.8. The minimum Gasteiger partial charge on any atom is -0.446 e. The fourth-order valence-corrected chi connectivity index (χ4v) is 4.59. The van der Waals surface area contributed by atoms with Crippen LogP contribution in [0.25, 0.3) is 0 Å². The van der Waals surface area contributed by atoms with Crippen LogP contribution in [0.4, 0.5) is 4.79 Å². The molecule has 2 saturated carbocycles. The van der Waals surface area contributed by atoms with Crippen molar-refractivity contribution in [1.82, 2.24) is 10.6 Å². The Kier molecular flexibility index (Phi) is 8.69. The lowest BCUT2D eigenvalue weighted by Gasteiger charge is -2.34. The third kappa shape index (κ3) is 7.52. The molecule has 26 heavy (non-hydrogen) atoms. The third-order valence-corrected chi connectivity index (χ3v) is 5.97. The lowest BCUT2D eigenvalue weighted by atomic mass is 9.76. The van der Waals surface area contributed by atoms with Gasteiger partial charge in [-0.05, 0) is 83.5 Å². The molecular weight excluding hydrogens is 332 g/mol. The Labute approximate surface area is 157 Å². The molecule has 2 unspecified atom stereocenters. The Morgan fingerprint density at radius 3 is 2.08 bits per heavy atom. The Hall–Kier alpha value is -1.30. The maximum absolute atomic E-state index is 11.9. The molecule has 6 nitrogen and oxygen atoms in total. The summed E-state index contributed by atoms with van der Waals surface area (Å²) < 4.78 is 5.30. The van der Waals surface area contributed by atoms with Gasteiger partial charge in [-0.1, -0.05) is 0 Å². The average Bonchev–Trinajstić information content (AvgIpc) is 2.57. The van der Waals surface area contributed by atoms with Crippen molar-refractivity contribution in [2.75, 3.05) is 0 Å². The number of carbonyl (C=O) groups excluding carboxylic acids is 2. The molecule has 2 atom stereocenters.